The van der Waals surface area contributed by atoms with Crippen LogP contribution < -0.4 is 10.6 Å². The van der Waals surface area contributed by atoms with E-state index in [1.54, 1.807) is 29.5 Å². The van der Waals surface area contributed by atoms with Gasteiger partial charge in [0.2, 0.25) is 0 Å². The highest BCUT2D eigenvalue weighted by Gasteiger charge is 2.33. The minimum absolute atomic E-state index is 0.00542. The van der Waals surface area contributed by atoms with Gasteiger partial charge in [-0.05, 0) is 48.4 Å². The summed E-state index contributed by atoms with van der Waals surface area (Å²) in [5.41, 5.74) is 2.93. The molecule has 0 radical (unpaired) electrons. The molecule has 0 fully saturated rings. The zero-order valence-corrected chi connectivity index (χ0v) is 13.2. The largest absolute Gasteiger partial charge is 0.508 e. The highest BCUT2D eigenvalue weighted by atomic mass is 32.1. The maximum absolute atomic E-state index is 12.6. The molecule has 0 spiro atoms. The number of rotatable bonds is 1. The molecule has 1 aliphatic carbocycles. The second-order valence-corrected chi connectivity index (χ2v) is 7.31. The van der Waals surface area contributed by atoms with Crippen molar-refractivity contribution in [3.8, 4) is 5.75 Å². The van der Waals surface area contributed by atoms with E-state index >= 15 is 0 Å². The Morgan fingerprint density at radius 3 is 3.00 bits per heavy atom. The molecule has 4 nitrogen and oxygen atoms in total. The van der Waals surface area contributed by atoms with E-state index in [0.29, 0.717) is 5.92 Å². The number of hydrogen-bond donors (Lipinski definition) is 3. The van der Waals surface area contributed by atoms with Crippen LogP contribution >= 0.6 is 11.3 Å². The molecule has 2 aromatic rings. The number of carbonyl (C=O) groups is 1. The number of anilines is 1. The normalized spacial score (nSPS) is 23.2. The zero-order valence-electron chi connectivity index (χ0n) is 12.3. The summed E-state index contributed by atoms with van der Waals surface area (Å²) in [6, 6.07) is 7.00. The maximum atomic E-state index is 12.6. The quantitative estimate of drug-likeness (QED) is 0.756. The van der Waals surface area contributed by atoms with Crippen LogP contribution in [0.1, 0.15) is 45.9 Å². The number of hydrogen-bond acceptors (Lipinski definition) is 4. The average Bonchev–Trinajstić information content (AvgIpc) is 2.84. The Morgan fingerprint density at radius 2 is 2.18 bits per heavy atom. The smallest absolute Gasteiger partial charge is 0.256 e. The number of nitrogens with one attached hydrogen (secondary N) is 2. The number of amides is 1. The van der Waals surface area contributed by atoms with Crippen molar-refractivity contribution in [1.82, 2.24) is 5.32 Å². The molecule has 1 aliphatic heterocycles. The first kappa shape index (κ1) is 13.6. The fourth-order valence-electron chi connectivity index (χ4n) is 3.33. The molecule has 114 valence electrons. The fourth-order valence-corrected chi connectivity index (χ4v) is 4.77. The third-order valence-corrected chi connectivity index (χ3v) is 5.68. The molecular formula is C17H18N2O2S. The molecule has 1 amide bonds. The Hall–Kier alpha value is -2.01. The predicted octanol–water partition coefficient (Wildman–Crippen LogP) is 3.43. The Bertz CT molecular complexity index is 753. The molecule has 0 saturated carbocycles. The highest BCUT2D eigenvalue weighted by molar-refractivity contribution is 7.16. The van der Waals surface area contributed by atoms with Crippen LogP contribution in [0, 0.1) is 5.92 Å². The van der Waals surface area contributed by atoms with Gasteiger partial charge in [0.15, 0.2) is 0 Å². The molecule has 5 heteroatoms. The minimum Gasteiger partial charge on any atom is -0.508 e. The number of thiophene rings is 1. The first-order chi connectivity index (χ1) is 10.6. The third-order valence-electron chi connectivity index (χ3n) is 4.49. The van der Waals surface area contributed by atoms with Gasteiger partial charge in [-0.15, -0.1) is 11.3 Å². The number of carbonyl (C=O) groups excluding carboxylic acids is 1. The lowest BCUT2D eigenvalue weighted by atomic mass is 9.88. The van der Waals surface area contributed by atoms with E-state index in [1.165, 1.54) is 10.4 Å². The Labute approximate surface area is 133 Å². The van der Waals surface area contributed by atoms with Gasteiger partial charge in [-0.3, -0.25) is 4.79 Å². The van der Waals surface area contributed by atoms with Crippen molar-refractivity contribution in [2.45, 2.75) is 32.4 Å². The summed E-state index contributed by atoms with van der Waals surface area (Å²) in [6.45, 7) is 2.27. The molecule has 1 aromatic carbocycles. The van der Waals surface area contributed by atoms with E-state index in [4.69, 9.17) is 0 Å². The van der Waals surface area contributed by atoms with Crippen LogP contribution in [0.2, 0.25) is 0 Å². The molecule has 2 aliphatic rings. The van der Waals surface area contributed by atoms with Crippen molar-refractivity contribution in [3.63, 3.8) is 0 Å². The van der Waals surface area contributed by atoms with Gasteiger partial charge in [-0.25, -0.2) is 0 Å². The van der Waals surface area contributed by atoms with Crippen molar-refractivity contribution in [2.75, 3.05) is 5.32 Å². The zero-order chi connectivity index (χ0) is 15.3. The minimum atomic E-state index is -0.287. The average molecular weight is 314 g/mol. The van der Waals surface area contributed by atoms with Crippen molar-refractivity contribution in [1.29, 1.82) is 0 Å². The Kier molecular flexibility index (Phi) is 3.11. The van der Waals surface area contributed by atoms with Crippen molar-refractivity contribution < 1.29 is 9.90 Å². The first-order valence-corrected chi connectivity index (χ1v) is 8.44. The van der Waals surface area contributed by atoms with Crippen LogP contribution in [-0.2, 0) is 12.8 Å². The van der Waals surface area contributed by atoms with E-state index in [-0.39, 0.29) is 17.8 Å². The summed E-state index contributed by atoms with van der Waals surface area (Å²) in [4.78, 5) is 13.9. The topological polar surface area (TPSA) is 61.4 Å². The van der Waals surface area contributed by atoms with E-state index in [9.17, 15) is 9.90 Å². The fraction of sp³-hybridized carbons (Fsp3) is 0.353. The van der Waals surface area contributed by atoms with Crippen LogP contribution in [0.3, 0.4) is 0 Å². The van der Waals surface area contributed by atoms with Crippen LogP contribution in [0.15, 0.2) is 24.3 Å². The summed E-state index contributed by atoms with van der Waals surface area (Å²) in [5.74, 6) is 0.894. The van der Waals surface area contributed by atoms with Crippen LogP contribution in [0.4, 0.5) is 5.00 Å². The molecule has 3 N–H and O–H groups in total. The number of aromatic hydroxyl groups is 1. The molecule has 2 atom stereocenters. The van der Waals surface area contributed by atoms with E-state index < -0.39 is 0 Å². The number of benzene rings is 1. The molecule has 1 aromatic heterocycles. The lowest BCUT2D eigenvalue weighted by Gasteiger charge is -2.27. The standard InChI is InChI=1S/C17H18N2O2S/c1-9-5-6-12-13(7-9)22-17-14(12)16(21)18-15(19-17)10-3-2-4-11(20)8-10/h2-4,8-9,15,19-20H,5-7H2,1H3,(H,18,21). The molecule has 0 bridgehead atoms. The number of phenolic OH excluding ortho intramolecular Hbond substituents is 1. The number of fused-ring (bicyclic) bond motifs is 3. The lowest BCUT2D eigenvalue weighted by molar-refractivity contribution is 0.0935. The second-order valence-electron chi connectivity index (χ2n) is 6.20. The van der Waals surface area contributed by atoms with Gasteiger partial charge in [-0.2, -0.15) is 0 Å². The van der Waals surface area contributed by atoms with Crippen LogP contribution in [-0.4, -0.2) is 11.0 Å². The molecule has 2 heterocycles. The van der Waals surface area contributed by atoms with Crippen LogP contribution in [0.25, 0.3) is 0 Å². The number of phenols is 1. The maximum Gasteiger partial charge on any atom is 0.256 e. The molecule has 2 unspecified atom stereocenters. The SMILES string of the molecule is CC1CCc2c(sc3c2C(=O)NC(c2cccc(O)c2)N3)C1. The third kappa shape index (κ3) is 2.16. The Morgan fingerprint density at radius 1 is 1.32 bits per heavy atom. The summed E-state index contributed by atoms with van der Waals surface area (Å²) in [6.07, 6.45) is 2.93. The summed E-state index contributed by atoms with van der Waals surface area (Å²) >= 11 is 1.71. The second kappa shape index (κ2) is 5.02. The molecule has 22 heavy (non-hydrogen) atoms. The highest BCUT2D eigenvalue weighted by Crippen LogP contribution is 2.42. The first-order valence-electron chi connectivity index (χ1n) is 7.62. The lowest BCUT2D eigenvalue weighted by Crippen LogP contribution is -2.38. The van der Waals surface area contributed by atoms with Gasteiger partial charge in [0, 0.05) is 4.88 Å². The van der Waals surface area contributed by atoms with Crippen LogP contribution in [0.5, 0.6) is 5.75 Å². The Balaban J connectivity index is 1.71. The monoisotopic (exact) mass is 314 g/mol. The van der Waals surface area contributed by atoms with Crippen molar-refractivity contribution in [3.05, 3.63) is 45.8 Å². The van der Waals surface area contributed by atoms with Gasteiger partial charge < -0.3 is 15.7 Å². The van der Waals surface area contributed by atoms with Crippen molar-refractivity contribution in [2.24, 2.45) is 5.92 Å². The summed E-state index contributed by atoms with van der Waals surface area (Å²) < 4.78 is 0. The van der Waals surface area contributed by atoms with E-state index in [2.05, 4.69) is 17.6 Å². The van der Waals surface area contributed by atoms with E-state index in [0.717, 1.165) is 35.4 Å². The van der Waals surface area contributed by atoms with Gasteiger partial charge in [0.05, 0.1) is 5.56 Å². The predicted molar refractivity (Wildman–Crippen MR) is 87.4 cm³/mol. The van der Waals surface area contributed by atoms with Crippen molar-refractivity contribution >= 4 is 22.2 Å². The van der Waals surface area contributed by atoms with E-state index in [1.807, 2.05) is 6.07 Å². The van der Waals surface area contributed by atoms with Gasteiger partial charge in [0.1, 0.15) is 16.9 Å². The van der Waals surface area contributed by atoms with Gasteiger partial charge in [-0.1, -0.05) is 19.1 Å². The molecular weight excluding hydrogens is 296 g/mol. The molecule has 4 rings (SSSR count). The van der Waals surface area contributed by atoms with Gasteiger partial charge in [0.25, 0.3) is 5.91 Å². The molecule has 0 saturated heterocycles. The summed E-state index contributed by atoms with van der Waals surface area (Å²) in [7, 11) is 0. The van der Waals surface area contributed by atoms with Gasteiger partial charge >= 0.3 is 0 Å². The summed E-state index contributed by atoms with van der Waals surface area (Å²) in [5, 5.41) is 17.0.